The zero-order valence-electron chi connectivity index (χ0n) is 21.2. The van der Waals surface area contributed by atoms with Crippen molar-refractivity contribution in [3.05, 3.63) is 154 Å². The highest BCUT2D eigenvalue weighted by Crippen LogP contribution is 2.34. The van der Waals surface area contributed by atoms with E-state index >= 15 is 0 Å². The van der Waals surface area contributed by atoms with Crippen molar-refractivity contribution in [2.24, 2.45) is 20.0 Å². The van der Waals surface area contributed by atoms with E-state index < -0.39 is 0 Å². The first-order valence-electron chi connectivity index (χ1n) is 12.7. The normalized spacial score (nSPS) is 19.1. The Kier molecular flexibility index (Phi) is 5.19. The first-order valence-corrected chi connectivity index (χ1v) is 12.7. The minimum Gasteiger partial charge on any atom is -0.248 e. The molecule has 4 nitrogen and oxygen atoms in total. The van der Waals surface area contributed by atoms with Gasteiger partial charge in [0, 0.05) is 11.1 Å². The van der Waals surface area contributed by atoms with Gasteiger partial charge in [-0.1, -0.05) is 48.5 Å². The fourth-order valence-corrected chi connectivity index (χ4v) is 5.21. The molecule has 5 aliphatic rings. The highest BCUT2D eigenvalue weighted by atomic mass is 14.8. The lowest BCUT2D eigenvalue weighted by atomic mass is 9.95. The lowest BCUT2D eigenvalue weighted by molar-refractivity contribution is 1.38. The first kappa shape index (κ1) is 22.3. The van der Waals surface area contributed by atoms with E-state index in [1.807, 2.05) is 36.5 Å². The van der Waals surface area contributed by atoms with E-state index in [0.717, 1.165) is 67.9 Å². The number of aliphatic imine (C=N–C) groups is 4. The predicted molar refractivity (Wildman–Crippen MR) is 159 cm³/mol. The number of hydrogen-bond donors (Lipinski definition) is 0. The standard InChI is InChI=1S/C34H24N4/c1-21-7-3-5-9-27(21)33-29-15-11-23(35-29)19-25-13-17-31(37-25)34(28-10-6-4-8-22(28)2)32-18-14-26(38-32)20-24-12-16-30(33)36-24/h3-20H,1-2H3. The van der Waals surface area contributed by atoms with Gasteiger partial charge in [0.1, 0.15) is 0 Å². The van der Waals surface area contributed by atoms with E-state index in [4.69, 9.17) is 20.0 Å². The Hall–Kier alpha value is -4.96. The molecule has 0 aliphatic carbocycles. The summed E-state index contributed by atoms with van der Waals surface area (Å²) in [5, 5.41) is 0. The van der Waals surface area contributed by atoms with Crippen LogP contribution in [-0.2, 0) is 0 Å². The minimum absolute atomic E-state index is 0.868. The lowest BCUT2D eigenvalue weighted by Gasteiger charge is -2.12. The molecule has 180 valence electrons. The van der Waals surface area contributed by atoms with Gasteiger partial charge in [-0.25, -0.2) is 20.0 Å². The highest BCUT2D eigenvalue weighted by molar-refractivity contribution is 6.34. The molecule has 5 heterocycles. The van der Waals surface area contributed by atoms with Gasteiger partial charge in [-0.05, 0) is 96.9 Å². The average Bonchev–Trinajstić information content (AvgIpc) is 3.72. The van der Waals surface area contributed by atoms with E-state index in [0.29, 0.717) is 0 Å². The number of benzene rings is 2. The van der Waals surface area contributed by atoms with Gasteiger partial charge in [0.15, 0.2) is 0 Å². The second-order valence-electron chi connectivity index (χ2n) is 9.69. The molecule has 0 amide bonds. The minimum atomic E-state index is 0.868. The van der Waals surface area contributed by atoms with Crippen molar-refractivity contribution in [2.75, 3.05) is 0 Å². The molecule has 8 bridgehead atoms. The Morgan fingerprint density at radius 1 is 0.447 bits per heavy atom. The third kappa shape index (κ3) is 3.87. The lowest BCUT2D eigenvalue weighted by Crippen LogP contribution is -2.02. The number of fused-ring (bicyclic) bond motifs is 4. The van der Waals surface area contributed by atoms with Crippen LogP contribution in [0.3, 0.4) is 0 Å². The SMILES string of the molecule is Cc1ccccc1C1=C2C=CC(=N2)C=C2C=CC(=N2)C(c2ccccc2C)=C2C=CC(=N2)C=C2C=CC1=N2. The summed E-state index contributed by atoms with van der Waals surface area (Å²) in [5.74, 6) is 0. The van der Waals surface area contributed by atoms with Gasteiger partial charge in [0.2, 0.25) is 0 Å². The molecule has 2 aromatic carbocycles. The Morgan fingerprint density at radius 3 is 1.34 bits per heavy atom. The Labute approximate surface area is 222 Å². The molecular weight excluding hydrogens is 464 g/mol. The third-order valence-electron chi connectivity index (χ3n) is 7.09. The smallest absolute Gasteiger partial charge is 0.0737 e. The molecule has 0 fully saturated rings. The molecule has 0 saturated carbocycles. The summed E-state index contributed by atoms with van der Waals surface area (Å²) < 4.78 is 0. The molecule has 0 atom stereocenters. The topological polar surface area (TPSA) is 49.4 Å². The van der Waals surface area contributed by atoms with Crippen LogP contribution < -0.4 is 0 Å². The predicted octanol–water partition coefficient (Wildman–Crippen LogP) is 7.25. The molecule has 0 unspecified atom stereocenters. The molecule has 2 aromatic rings. The molecule has 0 aromatic heterocycles. The summed E-state index contributed by atoms with van der Waals surface area (Å²) in [6.07, 6.45) is 20.5. The summed E-state index contributed by atoms with van der Waals surface area (Å²) in [6.45, 7) is 4.25. The fraction of sp³-hybridized carbons (Fsp3) is 0.0588. The van der Waals surface area contributed by atoms with Crippen molar-refractivity contribution in [2.45, 2.75) is 13.8 Å². The maximum Gasteiger partial charge on any atom is 0.0737 e. The molecule has 4 heteroatoms. The number of hydrogen-bond acceptors (Lipinski definition) is 4. The summed E-state index contributed by atoms with van der Waals surface area (Å²) in [7, 11) is 0. The van der Waals surface area contributed by atoms with Crippen LogP contribution in [0.2, 0.25) is 0 Å². The maximum absolute atomic E-state index is 5.01. The van der Waals surface area contributed by atoms with Crippen LogP contribution >= 0.6 is 0 Å². The van der Waals surface area contributed by atoms with E-state index in [1.165, 1.54) is 11.1 Å². The molecule has 38 heavy (non-hydrogen) atoms. The fourth-order valence-electron chi connectivity index (χ4n) is 5.21. The van der Waals surface area contributed by atoms with Gasteiger partial charge in [-0.2, -0.15) is 0 Å². The monoisotopic (exact) mass is 488 g/mol. The van der Waals surface area contributed by atoms with Crippen LogP contribution in [0.1, 0.15) is 22.3 Å². The zero-order chi connectivity index (χ0) is 25.6. The second-order valence-corrected chi connectivity index (χ2v) is 9.69. The summed E-state index contributed by atoms with van der Waals surface area (Å²) in [4.78, 5) is 20.0. The van der Waals surface area contributed by atoms with E-state index in [-0.39, 0.29) is 0 Å². The molecular formula is C34H24N4. The van der Waals surface area contributed by atoms with Crippen LogP contribution in [0.25, 0.3) is 11.1 Å². The third-order valence-corrected chi connectivity index (χ3v) is 7.09. The number of nitrogens with zero attached hydrogens (tertiary/aromatic N) is 4. The van der Waals surface area contributed by atoms with Crippen molar-refractivity contribution in [1.29, 1.82) is 0 Å². The van der Waals surface area contributed by atoms with Gasteiger partial charge in [0.05, 0.1) is 45.6 Å². The van der Waals surface area contributed by atoms with Crippen LogP contribution in [0.15, 0.2) is 152 Å². The van der Waals surface area contributed by atoms with E-state index in [2.05, 4.69) is 86.7 Å². The first-order chi connectivity index (χ1) is 18.6. The Balaban J connectivity index is 1.46. The van der Waals surface area contributed by atoms with Crippen LogP contribution in [0, 0.1) is 13.8 Å². The van der Waals surface area contributed by atoms with Crippen LogP contribution in [0.4, 0.5) is 0 Å². The van der Waals surface area contributed by atoms with E-state index in [1.54, 1.807) is 0 Å². The van der Waals surface area contributed by atoms with E-state index in [9.17, 15) is 0 Å². The van der Waals surface area contributed by atoms with Crippen molar-refractivity contribution in [1.82, 2.24) is 0 Å². The van der Waals surface area contributed by atoms with Crippen molar-refractivity contribution in [3.63, 3.8) is 0 Å². The van der Waals surface area contributed by atoms with Gasteiger partial charge in [-0.15, -0.1) is 0 Å². The summed E-state index contributed by atoms with van der Waals surface area (Å²) >= 11 is 0. The molecule has 7 rings (SSSR count). The summed E-state index contributed by atoms with van der Waals surface area (Å²) in [6, 6.07) is 16.8. The largest absolute Gasteiger partial charge is 0.248 e. The second kappa shape index (κ2) is 8.86. The van der Waals surface area contributed by atoms with Gasteiger partial charge >= 0.3 is 0 Å². The maximum atomic E-state index is 5.01. The number of allylic oxidation sites excluding steroid dienone is 12. The zero-order valence-corrected chi connectivity index (χ0v) is 21.2. The van der Waals surface area contributed by atoms with Crippen molar-refractivity contribution in [3.8, 4) is 0 Å². The van der Waals surface area contributed by atoms with Gasteiger partial charge < -0.3 is 0 Å². The Bertz CT molecular complexity index is 1670. The molecule has 0 saturated heterocycles. The van der Waals surface area contributed by atoms with Crippen molar-refractivity contribution < 1.29 is 0 Å². The van der Waals surface area contributed by atoms with Crippen molar-refractivity contribution >= 4 is 34.0 Å². The van der Waals surface area contributed by atoms with Crippen LogP contribution in [-0.4, -0.2) is 22.8 Å². The van der Waals surface area contributed by atoms with Crippen LogP contribution in [0.5, 0.6) is 0 Å². The average molecular weight is 489 g/mol. The molecule has 5 aliphatic heterocycles. The van der Waals surface area contributed by atoms with Gasteiger partial charge in [-0.3, -0.25) is 0 Å². The number of aryl methyl sites for hydroxylation is 2. The molecule has 0 N–H and O–H groups in total. The Morgan fingerprint density at radius 2 is 0.895 bits per heavy atom. The molecule has 0 spiro atoms. The molecule has 0 radical (unpaired) electrons. The highest BCUT2D eigenvalue weighted by Gasteiger charge is 2.23. The van der Waals surface area contributed by atoms with Gasteiger partial charge in [0.25, 0.3) is 0 Å². The number of rotatable bonds is 2. The summed E-state index contributed by atoms with van der Waals surface area (Å²) in [5.41, 5.74) is 13.7. The quantitative estimate of drug-likeness (QED) is 0.428.